The number of ether oxygens (including phenoxy) is 1. The summed E-state index contributed by atoms with van der Waals surface area (Å²) >= 11 is 7.45. The molecule has 4 nitrogen and oxygen atoms in total. The van der Waals surface area contributed by atoms with Crippen LogP contribution in [0.2, 0.25) is 5.02 Å². The molecule has 1 amide bonds. The van der Waals surface area contributed by atoms with Crippen molar-refractivity contribution in [3.05, 3.63) is 45.2 Å². The maximum absolute atomic E-state index is 12.0. The standard InChI is InChI=1S/C14H15ClN2O2S/c1-9-4-5-11(15)12(8-9)19-10(2)13(18)16-14-17(3)6-7-20-14/h4-8,10H,1-3H3. The molecule has 1 unspecified atom stereocenters. The fourth-order valence-corrected chi connectivity index (χ4v) is 2.46. The van der Waals surface area contributed by atoms with E-state index in [4.69, 9.17) is 16.3 Å². The highest BCUT2D eigenvalue weighted by molar-refractivity contribution is 7.07. The Morgan fingerprint density at radius 1 is 1.50 bits per heavy atom. The Balaban J connectivity index is 2.16. The summed E-state index contributed by atoms with van der Waals surface area (Å²) in [4.78, 5) is 16.7. The number of aromatic nitrogens is 1. The van der Waals surface area contributed by atoms with E-state index in [1.54, 1.807) is 23.6 Å². The summed E-state index contributed by atoms with van der Waals surface area (Å²) in [5.74, 6) is 0.166. The molecule has 1 atom stereocenters. The average Bonchev–Trinajstić information content (AvgIpc) is 2.79. The van der Waals surface area contributed by atoms with E-state index in [0.29, 0.717) is 15.6 Å². The number of thiazole rings is 1. The van der Waals surface area contributed by atoms with E-state index in [0.717, 1.165) is 5.56 Å². The van der Waals surface area contributed by atoms with Crippen LogP contribution < -0.4 is 9.54 Å². The molecule has 0 bridgehead atoms. The lowest BCUT2D eigenvalue weighted by Gasteiger charge is -2.13. The lowest BCUT2D eigenvalue weighted by molar-refractivity contribution is -0.124. The second-order valence-electron chi connectivity index (χ2n) is 4.44. The Morgan fingerprint density at radius 3 is 2.90 bits per heavy atom. The van der Waals surface area contributed by atoms with Gasteiger partial charge in [0, 0.05) is 18.6 Å². The number of carbonyl (C=O) groups excluding carboxylic acids is 1. The number of rotatable bonds is 3. The van der Waals surface area contributed by atoms with Crippen LogP contribution in [0.25, 0.3) is 0 Å². The lowest BCUT2D eigenvalue weighted by Crippen LogP contribution is -2.25. The Hall–Kier alpha value is -1.59. The molecule has 106 valence electrons. The predicted octanol–water partition coefficient (Wildman–Crippen LogP) is 2.94. The summed E-state index contributed by atoms with van der Waals surface area (Å²) in [6.45, 7) is 3.60. The van der Waals surface area contributed by atoms with Gasteiger partial charge in [0.15, 0.2) is 10.9 Å². The van der Waals surface area contributed by atoms with E-state index in [2.05, 4.69) is 4.99 Å². The highest BCUT2D eigenvalue weighted by Crippen LogP contribution is 2.26. The SMILES string of the molecule is Cc1ccc(Cl)c(OC(C)C(=O)N=c2sccn2C)c1. The predicted molar refractivity (Wildman–Crippen MR) is 80.1 cm³/mol. The van der Waals surface area contributed by atoms with Gasteiger partial charge in [0.1, 0.15) is 5.75 Å². The highest BCUT2D eigenvalue weighted by Gasteiger charge is 2.15. The summed E-state index contributed by atoms with van der Waals surface area (Å²) in [7, 11) is 1.84. The van der Waals surface area contributed by atoms with E-state index in [-0.39, 0.29) is 5.91 Å². The monoisotopic (exact) mass is 310 g/mol. The number of hydrogen-bond acceptors (Lipinski definition) is 3. The molecule has 6 heteroatoms. The van der Waals surface area contributed by atoms with Crippen LogP contribution in [-0.2, 0) is 11.8 Å². The van der Waals surface area contributed by atoms with E-state index in [9.17, 15) is 4.79 Å². The molecule has 0 saturated carbocycles. The van der Waals surface area contributed by atoms with Crippen LogP contribution in [0.5, 0.6) is 5.75 Å². The minimum Gasteiger partial charge on any atom is -0.479 e. The smallest absolute Gasteiger partial charge is 0.289 e. The van der Waals surface area contributed by atoms with Gasteiger partial charge in [0.2, 0.25) is 0 Å². The van der Waals surface area contributed by atoms with E-state index >= 15 is 0 Å². The summed E-state index contributed by atoms with van der Waals surface area (Å²) < 4.78 is 7.38. The van der Waals surface area contributed by atoms with Crippen molar-refractivity contribution in [2.75, 3.05) is 0 Å². The number of amides is 1. The van der Waals surface area contributed by atoms with Gasteiger partial charge >= 0.3 is 0 Å². The van der Waals surface area contributed by atoms with Crippen LogP contribution in [-0.4, -0.2) is 16.6 Å². The number of benzene rings is 1. The van der Waals surface area contributed by atoms with Crippen molar-refractivity contribution in [3.8, 4) is 5.75 Å². The first-order valence-corrected chi connectivity index (χ1v) is 7.34. The van der Waals surface area contributed by atoms with Crippen molar-refractivity contribution in [1.82, 2.24) is 4.57 Å². The summed E-state index contributed by atoms with van der Waals surface area (Å²) in [5.41, 5.74) is 1.02. The maximum Gasteiger partial charge on any atom is 0.289 e. The van der Waals surface area contributed by atoms with Crippen molar-refractivity contribution >= 4 is 28.8 Å². The Kier molecular flexibility index (Phi) is 4.62. The van der Waals surface area contributed by atoms with Gasteiger partial charge in [-0.25, -0.2) is 0 Å². The Bertz CT molecular complexity index is 690. The van der Waals surface area contributed by atoms with Crippen LogP contribution in [0.15, 0.2) is 34.8 Å². The van der Waals surface area contributed by atoms with Gasteiger partial charge in [-0.2, -0.15) is 4.99 Å². The molecule has 20 heavy (non-hydrogen) atoms. The number of carbonyl (C=O) groups is 1. The van der Waals surface area contributed by atoms with Crippen LogP contribution in [0, 0.1) is 6.92 Å². The number of aryl methyl sites for hydroxylation is 2. The van der Waals surface area contributed by atoms with Gasteiger partial charge in [0.25, 0.3) is 5.91 Å². The first kappa shape index (κ1) is 14.8. The normalized spacial score (nSPS) is 13.3. The summed E-state index contributed by atoms with van der Waals surface area (Å²) in [6.07, 6.45) is 1.16. The third-order valence-corrected chi connectivity index (χ3v) is 3.86. The van der Waals surface area contributed by atoms with Crippen molar-refractivity contribution in [1.29, 1.82) is 0 Å². The van der Waals surface area contributed by atoms with Crippen LogP contribution >= 0.6 is 22.9 Å². The molecular formula is C14H15ClN2O2S. The van der Waals surface area contributed by atoms with Crippen molar-refractivity contribution in [2.45, 2.75) is 20.0 Å². The maximum atomic E-state index is 12.0. The second kappa shape index (κ2) is 6.24. The van der Waals surface area contributed by atoms with Crippen molar-refractivity contribution in [2.24, 2.45) is 12.0 Å². The van der Waals surface area contributed by atoms with Crippen LogP contribution in [0.3, 0.4) is 0 Å². The van der Waals surface area contributed by atoms with Crippen molar-refractivity contribution in [3.63, 3.8) is 0 Å². The van der Waals surface area contributed by atoms with Gasteiger partial charge < -0.3 is 9.30 Å². The average molecular weight is 311 g/mol. The molecule has 0 saturated heterocycles. The number of hydrogen-bond donors (Lipinski definition) is 0. The molecule has 1 aromatic heterocycles. The van der Waals surface area contributed by atoms with Gasteiger partial charge in [-0.1, -0.05) is 17.7 Å². The Morgan fingerprint density at radius 2 is 2.25 bits per heavy atom. The first-order valence-electron chi connectivity index (χ1n) is 6.09. The van der Waals surface area contributed by atoms with Gasteiger partial charge in [-0.15, -0.1) is 11.3 Å². The molecule has 1 heterocycles. The van der Waals surface area contributed by atoms with Gasteiger partial charge in [-0.3, -0.25) is 4.79 Å². The largest absolute Gasteiger partial charge is 0.479 e. The van der Waals surface area contributed by atoms with E-state index < -0.39 is 6.10 Å². The van der Waals surface area contributed by atoms with Gasteiger partial charge in [-0.05, 0) is 31.5 Å². The van der Waals surface area contributed by atoms with Gasteiger partial charge in [0.05, 0.1) is 5.02 Å². The molecule has 0 N–H and O–H groups in total. The summed E-state index contributed by atoms with van der Waals surface area (Å²) in [6, 6.07) is 5.44. The van der Waals surface area contributed by atoms with Crippen molar-refractivity contribution < 1.29 is 9.53 Å². The highest BCUT2D eigenvalue weighted by atomic mass is 35.5. The zero-order valence-corrected chi connectivity index (χ0v) is 13.0. The topological polar surface area (TPSA) is 43.6 Å². The third kappa shape index (κ3) is 3.49. The fourth-order valence-electron chi connectivity index (χ4n) is 1.56. The quantitative estimate of drug-likeness (QED) is 0.875. The van der Waals surface area contributed by atoms with Crippen LogP contribution in [0.4, 0.5) is 0 Å². The molecular weight excluding hydrogens is 296 g/mol. The number of halogens is 1. The Labute approximate surface area is 126 Å². The molecule has 1 aromatic carbocycles. The van der Waals surface area contributed by atoms with Crippen LogP contribution in [0.1, 0.15) is 12.5 Å². The first-order chi connectivity index (χ1) is 9.47. The third-order valence-electron chi connectivity index (χ3n) is 2.70. The molecule has 0 aliphatic heterocycles. The minimum atomic E-state index is -0.684. The molecule has 0 spiro atoms. The molecule has 2 rings (SSSR count). The molecule has 0 radical (unpaired) electrons. The minimum absolute atomic E-state index is 0.333. The molecule has 0 fully saturated rings. The fraction of sp³-hybridized carbons (Fsp3) is 0.286. The van der Waals surface area contributed by atoms with E-state index in [1.807, 2.05) is 31.6 Å². The molecule has 2 aromatic rings. The zero-order chi connectivity index (χ0) is 14.7. The molecule has 0 aliphatic carbocycles. The van der Waals surface area contributed by atoms with E-state index in [1.165, 1.54) is 11.3 Å². The zero-order valence-electron chi connectivity index (χ0n) is 11.5. The summed E-state index contributed by atoms with van der Waals surface area (Å²) in [5, 5.41) is 2.35. The number of nitrogens with zero attached hydrogens (tertiary/aromatic N) is 2. The lowest BCUT2D eigenvalue weighted by atomic mass is 10.2. The second-order valence-corrected chi connectivity index (χ2v) is 5.72. The molecule has 0 aliphatic rings.